The van der Waals surface area contributed by atoms with Crippen LogP contribution in [0.25, 0.3) is 0 Å². The highest BCUT2D eigenvalue weighted by Gasteiger charge is 2.32. The molecule has 0 spiro atoms. The maximum absolute atomic E-state index is 13.5. The number of nitrogens with zero attached hydrogens (tertiary/aromatic N) is 1. The lowest BCUT2D eigenvalue weighted by atomic mass is 9.90. The van der Waals surface area contributed by atoms with E-state index in [0.29, 0.717) is 38.0 Å². The number of carbonyl (C=O) groups excluding carboxylic acids is 2. The molecule has 1 saturated heterocycles. The number of halogens is 1. The summed E-state index contributed by atoms with van der Waals surface area (Å²) in [7, 11) is 0. The molecule has 1 aliphatic rings. The summed E-state index contributed by atoms with van der Waals surface area (Å²) in [6.45, 7) is 9.01. The number of hydrogen-bond acceptors (Lipinski definition) is 2. The van der Waals surface area contributed by atoms with Crippen LogP contribution < -0.4 is 5.32 Å². The summed E-state index contributed by atoms with van der Waals surface area (Å²) in [4.78, 5) is 26.4. The van der Waals surface area contributed by atoms with E-state index in [1.807, 2.05) is 31.7 Å². The van der Waals surface area contributed by atoms with Crippen molar-refractivity contribution in [1.82, 2.24) is 10.2 Å². The maximum atomic E-state index is 13.5. The number of nitrogens with one attached hydrogen (secondary N) is 1. The normalized spacial score (nSPS) is 16.1. The topological polar surface area (TPSA) is 49.4 Å². The summed E-state index contributed by atoms with van der Waals surface area (Å²) < 4.78 is 13.5. The summed E-state index contributed by atoms with van der Waals surface area (Å²) in [6, 6.07) is 5.00. The van der Waals surface area contributed by atoms with Crippen LogP contribution >= 0.6 is 0 Å². The lowest BCUT2D eigenvalue weighted by molar-refractivity contribution is -0.142. The fourth-order valence-electron chi connectivity index (χ4n) is 2.90. The lowest BCUT2D eigenvalue weighted by Crippen LogP contribution is -2.46. The van der Waals surface area contributed by atoms with Crippen molar-refractivity contribution >= 4 is 11.8 Å². The summed E-state index contributed by atoms with van der Waals surface area (Å²) in [5, 5.41) is 2.88. The Balaban J connectivity index is 1.82. The van der Waals surface area contributed by atoms with Crippen LogP contribution in [0.1, 0.15) is 44.7 Å². The number of benzene rings is 1. The Labute approximate surface area is 143 Å². The first-order chi connectivity index (χ1) is 11.2. The van der Waals surface area contributed by atoms with E-state index in [-0.39, 0.29) is 29.0 Å². The number of aryl methyl sites for hydroxylation is 1. The molecular formula is C19H27FN2O2. The Kier molecular flexibility index (Phi) is 5.62. The third kappa shape index (κ3) is 4.56. The van der Waals surface area contributed by atoms with Crippen LogP contribution in [0.15, 0.2) is 18.2 Å². The predicted molar refractivity (Wildman–Crippen MR) is 91.7 cm³/mol. The predicted octanol–water partition coefficient (Wildman–Crippen LogP) is 3.04. The molecule has 1 N–H and O–H groups in total. The van der Waals surface area contributed by atoms with E-state index in [0.717, 1.165) is 5.56 Å². The van der Waals surface area contributed by atoms with Gasteiger partial charge in [-0.25, -0.2) is 4.39 Å². The third-order valence-electron chi connectivity index (χ3n) is 4.50. The molecule has 2 amide bonds. The minimum absolute atomic E-state index is 0.0150. The van der Waals surface area contributed by atoms with Gasteiger partial charge in [0, 0.05) is 31.0 Å². The zero-order valence-corrected chi connectivity index (χ0v) is 15.0. The second kappa shape index (κ2) is 7.32. The van der Waals surface area contributed by atoms with E-state index in [1.54, 1.807) is 13.0 Å². The van der Waals surface area contributed by atoms with Crippen LogP contribution in [0.3, 0.4) is 0 Å². The quantitative estimate of drug-likeness (QED) is 0.924. The molecule has 0 saturated carbocycles. The fraction of sp³-hybridized carbons (Fsp3) is 0.579. The van der Waals surface area contributed by atoms with Crippen molar-refractivity contribution in [3.8, 4) is 0 Å². The van der Waals surface area contributed by atoms with Crippen molar-refractivity contribution in [3.05, 3.63) is 35.1 Å². The molecule has 0 bridgehead atoms. The second-order valence-corrected chi connectivity index (χ2v) is 7.62. The number of likely N-dealkylation sites (tertiary alicyclic amines) is 1. The Bertz CT molecular complexity index is 614. The first-order valence-corrected chi connectivity index (χ1v) is 8.50. The van der Waals surface area contributed by atoms with Crippen LogP contribution in [-0.4, -0.2) is 29.8 Å². The molecule has 4 nitrogen and oxygen atoms in total. The minimum Gasteiger partial charge on any atom is -0.352 e. The van der Waals surface area contributed by atoms with Crippen molar-refractivity contribution in [3.63, 3.8) is 0 Å². The van der Waals surface area contributed by atoms with Gasteiger partial charge in [-0.2, -0.15) is 0 Å². The zero-order valence-electron chi connectivity index (χ0n) is 15.0. The van der Waals surface area contributed by atoms with Gasteiger partial charge in [-0.05, 0) is 37.0 Å². The van der Waals surface area contributed by atoms with Crippen molar-refractivity contribution in [2.45, 2.75) is 47.1 Å². The molecule has 0 aromatic heterocycles. The van der Waals surface area contributed by atoms with Gasteiger partial charge in [-0.15, -0.1) is 0 Å². The molecule has 0 radical (unpaired) electrons. The molecule has 0 unspecified atom stereocenters. The Morgan fingerprint density at radius 2 is 1.88 bits per heavy atom. The van der Waals surface area contributed by atoms with E-state index in [4.69, 9.17) is 0 Å². The van der Waals surface area contributed by atoms with Crippen LogP contribution in [0.2, 0.25) is 0 Å². The molecule has 1 aromatic rings. The highest BCUT2D eigenvalue weighted by atomic mass is 19.1. The first kappa shape index (κ1) is 18.4. The van der Waals surface area contributed by atoms with Crippen molar-refractivity contribution in [2.24, 2.45) is 11.3 Å². The van der Waals surface area contributed by atoms with Crippen molar-refractivity contribution in [2.75, 3.05) is 13.1 Å². The Morgan fingerprint density at radius 1 is 1.25 bits per heavy atom. The Morgan fingerprint density at radius 3 is 2.42 bits per heavy atom. The van der Waals surface area contributed by atoms with E-state index < -0.39 is 0 Å². The minimum atomic E-state index is -0.384. The van der Waals surface area contributed by atoms with Crippen molar-refractivity contribution < 1.29 is 14.0 Å². The highest BCUT2D eigenvalue weighted by Crippen LogP contribution is 2.23. The first-order valence-electron chi connectivity index (χ1n) is 8.50. The average Bonchev–Trinajstić information content (AvgIpc) is 2.54. The third-order valence-corrected chi connectivity index (χ3v) is 4.50. The van der Waals surface area contributed by atoms with Gasteiger partial charge in [0.25, 0.3) is 0 Å². The molecule has 24 heavy (non-hydrogen) atoms. The van der Waals surface area contributed by atoms with Crippen LogP contribution in [-0.2, 0) is 16.1 Å². The molecule has 1 aliphatic heterocycles. The van der Waals surface area contributed by atoms with Crippen LogP contribution in [0, 0.1) is 24.1 Å². The standard InChI is InChI=1S/C19H27FN2O2/c1-13-5-6-14(11-16(13)20)12-21-17(23)15-7-9-22(10-8-15)18(24)19(2,3)4/h5-6,11,15H,7-10,12H2,1-4H3,(H,21,23). The van der Waals surface area contributed by atoms with E-state index in [2.05, 4.69) is 5.32 Å². The molecule has 0 atom stereocenters. The summed E-state index contributed by atoms with van der Waals surface area (Å²) in [5.74, 6) is -0.213. The number of amides is 2. The maximum Gasteiger partial charge on any atom is 0.227 e. The summed E-state index contributed by atoms with van der Waals surface area (Å²) in [5.41, 5.74) is 0.970. The summed E-state index contributed by atoms with van der Waals surface area (Å²) >= 11 is 0. The largest absolute Gasteiger partial charge is 0.352 e. The number of carbonyl (C=O) groups is 2. The molecule has 2 rings (SSSR count). The number of rotatable bonds is 3. The molecule has 132 valence electrons. The van der Waals surface area contributed by atoms with Crippen LogP contribution in [0.4, 0.5) is 4.39 Å². The van der Waals surface area contributed by atoms with E-state index >= 15 is 0 Å². The van der Waals surface area contributed by atoms with Gasteiger partial charge in [0.05, 0.1) is 0 Å². The monoisotopic (exact) mass is 334 g/mol. The number of piperidine rings is 1. The number of hydrogen-bond donors (Lipinski definition) is 1. The van der Waals surface area contributed by atoms with Gasteiger partial charge < -0.3 is 10.2 Å². The fourth-order valence-corrected chi connectivity index (χ4v) is 2.90. The zero-order chi connectivity index (χ0) is 17.9. The van der Waals surface area contributed by atoms with Gasteiger partial charge in [-0.3, -0.25) is 9.59 Å². The molecular weight excluding hydrogens is 307 g/mol. The Hall–Kier alpha value is -1.91. The van der Waals surface area contributed by atoms with Crippen LogP contribution in [0.5, 0.6) is 0 Å². The molecule has 0 aliphatic carbocycles. The van der Waals surface area contributed by atoms with Gasteiger partial charge in [0.2, 0.25) is 11.8 Å². The van der Waals surface area contributed by atoms with Gasteiger partial charge in [0.1, 0.15) is 5.82 Å². The molecule has 1 fully saturated rings. The van der Waals surface area contributed by atoms with Gasteiger partial charge in [-0.1, -0.05) is 32.9 Å². The van der Waals surface area contributed by atoms with E-state index in [1.165, 1.54) is 6.07 Å². The molecule has 5 heteroatoms. The van der Waals surface area contributed by atoms with Gasteiger partial charge in [0.15, 0.2) is 0 Å². The van der Waals surface area contributed by atoms with Crippen molar-refractivity contribution in [1.29, 1.82) is 0 Å². The average molecular weight is 334 g/mol. The van der Waals surface area contributed by atoms with Gasteiger partial charge >= 0.3 is 0 Å². The molecule has 1 aromatic carbocycles. The smallest absolute Gasteiger partial charge is 0.227 e. The second-order valence-electron chi connectivity index (χ2n) is 7.62. The SMILES string of the molecule is Cc1ccc(CNC(=O)C2CCN(C(=O)C(C)(C)C)CC2)cc1F. The highest BCUT2D eigenvalue weighted by molar-refractivity contribution is 5.82. The lowest BCUT2D eigenvalue weighted by Gasteiger charge is -2.35. The summed E-state index contributed by atoms with van der Waals surface area (Å²) in [6.07, 6.45) is 1.35. The van der Waals surface area contributed by atoms with E-state index in [9.17, 15) is 14.0 Å². The molecule has 1 heterocycles.